The largest absolute Gasteiger partial charge is 0.284 e. The van der Waals surface area contributed by atoms with E-state index in [4.69, 9.17) is 15.0 Å². The number of pyridine rings is 1. The highest BCUT2D eigenvalue weighted by Gasteiger charge is 2.26. The van der Waals surface area contributed by atoms with Crippen LogP contribution in [-0.4, -0.2) is 19.4 Å². The van der Waals surface area contributed by atoms with E-state index >= 15 is 0 Å². The second-order valence-electron chi connectivity index (χ2n) is 13.5. The zero-order valence-corrected chi connectivity index (χ0v) is 27.3. The van der Waals surface area contributed by atoms with E-state index in [1.807, 2.05) is 18.3 Å². The monoisotopic (exact) mass is 638 g/mol. The molecule has 0 radical (unpaired) electrons. The van der Waals surface area contributed by atoms with E-state index in [0.29, 0.717) is 0 Å². The first-order chi connectivity index (χ1) is 24.8. The number of rotatable bonds is 3. The van der Waals surface area contributed by atoms with Crippen LogP contribution >= 0.6 is 0 Å². The van der Waals surface area contributed by atoms with Gasteiger partial charge < -0.3 is 0 Å². The number of aromatic nitrogens is 4. The number of hydrogen-bond donors (Lipinski definition) is 0. The molecule has 0 unspecified atom stereocenters. The van der Waals surface area contributed by atoms with Crippen molar-refractivity contribution in [3.8, 4) is 33.6 Å². The van der Waals surface area contributed by atoms with Gasteiger partial charge in [-0.2, -0.15) is 0 Å². The molecule has 0 saturated carbocycles. The Hall–Kier alpha value is -6.39. The van der Waals surface area contributed by atoms with Crippen molar-refractivity contribution in [3.05, 3.63) is 157 Å². The highest BCUT2D eigenvalue weighted by Crippen LogP contribution is 2.44. The van der Waals surface area contributed by atoms with Gasteiger partial charge in [-0.05, 0) is 109 Å². The molecule has 0 N–H and O–H groups in total. The lowest BCUT2D eigenvalue weighted by molar-refractivity contribution is 0.686. The molecule has 1 aliphatic heterocycles. The van der Waals surface area contributed by atoms with Gasteiger partial charge in [0.1, 0.15) is 17.2 Å². The van der Waals surface area contributed by atoms with Crippen LogP contribution < -0.4 is 0 Å². The molecule has 50 heavy (non-hydrogen) atoms. The third-order valence-corrected chi connectivity index (χ3v) is 10.7. The smallest absolute Gasteiger partial charge is 0.148 e. The lowest BCUT2D eigenvalue weighted by Crippen LogP contribution is -2.12. The maximum absolute atomic E-state index is 5.55. The van der Waals surface area contributed by atoms with Gasteiger partial charge in [0.2, 0.25) is 0 Å². The van der Waals surface area contributed by atoms with E-state index in [0.717, 1.165) is 64.2 Å². The van der Waals surface area contributed by atoms with Crippen molar-refractivity contribution in [1.82, 2.24) is 19.4 Å². The van der Waals surface area contributed by atoms with Gasteiger partial charge in [-0.3, -0.25) is 9.38 Å². The molecule has 7 aromatic carbocycles. The first kappa shape index (κ1) is 27.5. The number of nitrogens with zero attached hydrogens (tertiary/aromatic N) is 4. The molecule has 0 fully saturated rings. The minimum Gasteiger partial charge on any atom is -0.284 e. The number of fused-ring (bicyclic) bond motifs is 8. The average molecular weight is 639 g/mol. The van der Waals surface area contributed by atoms with E-state index in [1.54, 1.807) is 0 Å². The van der Waals surface area contributed by atoms with Crippen molar-refractivity contribution < 1.29 is 0 Å². The summed E-state index contributed by atoms with van der Waals surface area (Å²) in [6, 6.07) is 50.6. The molecule has 10 aromatic rings. The fraction of sp³-hybridized carbons (Fsp3) is 0.0652. The third-order valence-electron chi connectivity index (χ3n) is 10.7. The van der Waals surface area contributed by atoms with Gasteiger partial charge in [0.15, 0.2) is 0 Å². The summed E-state index contributed by atoms with van der Waals surface area (Å²) in [5, 5.41) is 11.0. The highest BCUT2D eigenvalue weighted by molar-refractivity contribution is 6.19. The minimum atomic E-state index is 0.907. The molecule has 4 heterocycles. The zero-order valence-electron chi connectivity index (χ0n) is 27.3. The molecule has 0 bridgehead atoms. The lowest BCUT2D eigenvalue weighted by Gasteiger charge is -2.19. The minimum absolute atomic E-state index is 0.907. The SMILES string of the molecule is c1ccc(-c2nc3c4cc(-c5cc6ccccc6c6ccccc56)cc(-c5cc6ccccc6c6ccccc56)c4nc4n3c2CCC4)nc1. The maximum atomic E-state index is 5.55. The summed E-state index contributed by atoms with van der Waals surface area (Å²) in [5.41, 5.74) is 9.70. The number of imidazole rings is 1. The van der Waals surface area contributed by atoms with E-state index in [2.05, 4.69) is 132 Å². The zero-order chi connectivity index (χ0) is 32.8. The first-order valence-electron chi connectivity index (χ1n) is 17.4. The van der Waals surface area contributed by atoms with Gasteiger partial charge in [-0.25, -0.2) is 9.97 Å². The van der Waals surface area contributed by atoms with Gasteiger partial charge in [0.05, 0.1) is 16.9 Å². The van der Waals surface area contributed by atoms with E-state index in [9.17, 15) is 0 Å². The second kappa shape index (κ2) is 10.6. The Balaban J connectivity index is 1.32. The molecule has 234 valence electrons. The maximum Gasteiger partial charge on any atom is 0.148 e. The van der Waals surface area contributed by atoms with Gasteiger partial charge in [0.25, 0.3) is 0 Å². The Bertz CT molecular complexity index is 3010. The summed E-state index contributed by atoms with van der Waals surface area (Å²) in [6.45, 7) is 0. The lowest BCUT2D eigenvalue weighted by atomic mass is 9.88. The Morgan fingerprint density at radius 1 is 0.480 bits per heavy atom. The Labute approximate surface area is 288 Å². The van der Waals surface area contributed by atoms with Crippen LogP contribution in [0.3, 0.4) is 0 Å². The van der Waals surface area contributed by atoms with Gasteiger partial charge in [0, 0.05) is 23.6 Å². The van der Waals surface area contributed by atoms with Crippen LogP contribution in [0.1, 0.15) is 17.9 Å². The number of aryl methyl sites for hydroxylation is 2. The van der Waals surface area contributed by atoms with Crippen molar-refractivity contribution >= 4 is 59.6 Å². The van der Waals surface area contributed by atoms with Gasteiger partial charge in [-0.1, -0.05) is 103 Å². The molecule has 0 spiro atoms. The summed E-state index contributed by atoms with van der Waals surface area (Å²) >= 11 is 0. The van der Waals surface area contributed by atoms with Crippen molar-refractivity contribution in [1.29, 1.82) is 0 Å². The standard InChI is InChI=1S/C46H30N4/c1-3-14-31-28(12-1)24-37(35-18-7-5-16-33(31)35)30-26-39(38-25-29-13-2-4-15-32(29)34-17-6-8-19-36(34)38)44-40(27-30)46-49-45(41-20-9-10-23-47-41)42-21-11-22-43(48-44)50(42)46/h1-10,12-20,23-27H,11,21-22H2. The number of benzene rings is 7. The summed E-state index contributed by atoms with van der Waals surface area (Å²) < 4.78 is 2.33. The van der Waals surface area contributed by atoms with Crippen molar-refractivity contribution in [3.63, 3.8) is 0 Å². The number of hydrogen-bond acceptors (Lipinski definition) is 3. The molecule has 0 amide bonds. The molecular weight excluding hydrogens is 609 g/mol. The van der Waals surface area contributed by atoms with Crippen LogP contribution in [0.25, 0.3) is 93.3 Å². The highest BCUT2D eigenvalue weighted by atomic mass is 15.1. The fourth-order valence-corrected chi connectivity index (χ4v) is 8.47. The van der Waals surface area contributed by atoms with Crippen LogP contribution in [0.5, 0.6) is 0 Å². The molecule has 1 aliphatic rings. The van der Waals surface area contributed by atoms with E-state index < -0.39 is 0 Å². The van der Waals surface area contributed by atoms with Crippen LogP contribution in [0.2, 0.25) is 0 Å². The van der Waals surface area contributed by atoms with E-state index in [-0.39, 0.29) is 0 Å². The molecule has 3 aromatic heterocycles. The van der Waals surface area contributed by atoms with Crippen molar-refractivity contribution in [2.45, 2.75) is 19.3 Å². The van der Waals surface area contributed by atoms with Crippen LogP contribution in [-0.2, 0) is 12.8 Å². The van der Waals surface area contributed by atoms with Crippen molar-refractivity contribution in [2.75, 3.05) is 0 Å². The van der Waals surface area contributed by atoms with Crippen LogP contribution in [0.4, 0.5) is 0 Å². The Morgan fingerprint density at radius 3 is 1.80 bits per heavy atom. The summed E-state index contributed by atoms with van der Waals surface area (Å²) in [7, 11) is 0. The fourth-order valence-electron chi connectivity index (χ4n) is 8.47. The molecule has 4 nitrogen and oxygen atoms in total. The van der Waals surface area contributed by atoms with Gasteiger partial charge in [-0.15, -0.1) is 0 Å². The molecule has 11 rings (SSSR count). The Morgan fingerprint density at radius 2 is 1.10 bits per heavy atom. The molecule has 0 atom stereocenters. The first-order valence-corrected chi connectivity index (χ1v) is 17.4. The average Bonchev–Trinajstić information content (AvgIpc) is 3.59. The summed E-state index contributed by atoms with van der Waals surface area (Å²) in [5.74, 6) is 1.07. The molecule has 0 saturated heterocycles. The van der Waals surface area contributed by atoms with Gasteiger partial charge >= 0.3 is 0 Å². The third kappa shape index (κ3) is 3.96. The van der Waals surface area contributed by atoms with Crippen LogP contribution in [0.15, 0.2) is 146 Å². The van der Waals surface area contributed by atoms with Crippen LogP contribution in [0, 0.1) is 0 Å². The Kier molecular flexibility index (Phi) is 5.81. The predicted octanol–water partition coefficient (Wildman–Crippen LogP) is 11.4. The molecular formula is C46H30N4. The van der Waals surface area contributed by atoms with E-state index in [1.165, 1.54) is 59.9 Å². The quantitative estimate of drug-likeness (QED) is 0.181. The molecule has 4 heteroatoms. The summed E-state index contributed by atoms with van der Waals surface area (Å²) in [6.07, 6.45) is 4.75. The predicted molar refractivity (Wildman–Crippen MR) is 207 cm³/mol. The molecule has 0 aliphatic carbocycles. The summed E-state index contributed by atoms with van der Waals surface area (Å²) in [4.78, 5) is 15.7. The van der Waals surface area contributed by atoms with Crippen molar-refractivity contribution in [2.24, 2.45) is 0 Å². The second-order valence-corrected chi connectivity index (χ2v) is 13.5. The topological polar surface area (TPSA) is 43.1 Å². The normalized spacial score (nSPS) is 13.0.